The van der Waals surface area contributed by atoms with Crippen LogP contribution in [0.25, 0.3) is 0 Å². The molecule has 17 heavy (non-hydrogen) atoms. The van der Waals surface area contributed by atoms with Gasteiger partial charge in [0.15, 0.2) is 0 Å². The van der Waals surface area contributed by atoms with E-state index in [2.05, 4.69) is 23.8 Å². The Morgan fingerprint density at radius 1 is 1.12 bits per heavy atom. The van der Waals surface area contributed by atoms with Crippen LogP contribution in [-0.2, 0) is 9.59 Å². The molecule has 0 aromatic rings. The minimum absolute atomic E-state index is 0.0703. The van der Waals surface area contributed by atoms with Crippen molar-refractivity contribution in [2.75, 3.05) is 32.7 Å². The maximum absolute atomic E-state index is 11.5. The van der Waals surface area contributed by atoms with Crippen LogP contribution in [0, 0.1) is 0 Å². The fourth-order valence-corrected chi connectivity index (χ4v) is 1.27. The van der Waals surface area contributed by atoms with Crippen molar-refractivity contribution in [2.45, 2.75) is 6.92 Å². The van der Waals surface area contributed by atoms with Crippen molar-refractivity contribution < 1.29 is 9.59 Å². The van der Waals surface area contributed by atoms with Gasteiger partial charge in [0.2, 0.25) is 11.8 Å². The summed E-state index contributed by atoms with van der Waals surface area (Å²) in [4.78, 5) is 24.0. The van der Waals surface area contributed by atoms with Crippen LogP contribution in [0.3, 0.4) is 0 Å². The maximum Gasteiger partial charge on any atom is 0.234 e. The van der Waals surface area contributed by atoms with Gasteiger partial charge in [-0.15, -0.1) is 13.2 Å². The molecule has 0 aromatic carbocycles. The van der Waals surface area contributed by atoms with E-state index in [1.54, 1.807) is 12.2 Å². The molecule has 0 atom stereocenters. The Hall–Kier alpha value is -1.62. The summed E-state index contributed by atoms with van der Waals surface area (Å²) in [5.74, 6) is -0.168. The topological polar surface area (TPSA) is 61.4 Å². The first-order valence-electron chi connectivity index (χ1n) is 5.55. The number of hydrogen-bond acceptors (Lipinski definition) is 3. The van der Waals surface area contributed by atoms with Crippen LogP contribution in [0.2, 0.25) is 0 Å². The quantitative estimate of drug-likeness (QED) is 0.437. The maximum atomic E-state index is 11.5. The van der Waals surface area contributed by atoms with Crippen molar-refractivity contribution in [1.29, 1.82) is 0 Å². The fraction of sp³-hybridized carbons (Fsp3) is 0.500. The molecule has 0 spiro atoms. The van der Waals surface area contributed by atoms with Crippen molar-refractivity contribution in [1.82, 2.24) is 15.5 Å². The Kier molecular flexibility index (Phi) is 8.68. The Balaban J connectivity index is 3.77. The van der Waals surface area contributed by atoms with Crippen molar-refractivity contribution in [2.24, 2.45) is 0 Å². The Morgan fingerprint density at radius 2 is 1.65 bits per heavy atom. The molecule has 0 rings (SSSR count). The van der Waals surface area contributed by atoms with Crippen LogP contribution in [0.4, 0.5) is 0 Å². The predicted octanol–water partition coefficient (Wildman–Crippen LogP) is -0.0873. The Morgan fingerprint density at radius 3 is 2.12 bits per heavy atom. The van der Waals surface area contributed by atoms with E-state index in [1.165, 1.54) is 6.92 Å². The second-order valence-electron chi connectivity index (χ2n) is 3.60. The average Bonchev–Trinajstić information content (AvgIpc) is 2.25. The predicted molar refractivity (Wildman–Crippen MR) is 68.5 cm³/mol. The van der Waals surface area contributed by atoms with E-state index >= 15 is 0 Å². The minimum atomic E-state index is -0.0980. The number of hydrogen-bond donors (Lipinski definition) is 2. The minimum Gasteiger partial charge on any atom is -0.355 e. The molecule has 0 saturated heterocycles. The van der Waals surface area contributed by atoms with Gasteiger partial charge in [-0.1, -0.05) is 12.2 Å². The lowest BCUT2D eigenvalue weighted by Gasteiger charge is -2.17. The summed E-state index contributed by atoms with van der Waals surface area (Å²) in [7, 11) is 0. The van der Waals surface area contributed by atoms with Gasteiger partial charge in [0.25, 0.3) is 0 Å². The smallest absolute Gasteiger partial charge is 0.234 e. The zero-order valence-corrected chi connectivity index (χ0v) is 10.4. The van der Waals surface area contributed by atoms with Crippen molar-refractivity contribution in [3.8, 4) is 0 Å². The highest BCUT2D eigenvalue weighted by Crippen LogP contribution is 1.88. The second kappa shape index (κ2) is 9.59. The average molecular weight is 239 g/mol. The van der Waals surface area contributed by atoms with E-state index < -0.39 is 0 Å². The zero-order valence-electron chi connectivity index (χ0n) is 10.4. The molecule has 0 aromatic heterocycles. The van der Waals surface area contributed by atoms with Gasteiger partial charge in [0, 0.05) is 33.1 Å². The lowest BCUT2D eigenvalue weighted by molar-refractivity contribution is -0.122. The van der Waals surface area contributed by atoms with Crippen LogP contribution in [-0.4, -0.2) is 49.4 Å². The standard InChI is InChI=1S/C12H21N3O2/c1-4-8-15(9-5-2)10-12(17)14-7-6-13-11(3)16/h4-5H,1-2,6-10H2,3H3,(H,13,16)(H,14,17). The number of nitrogens with zero attached hydrogens (tertiary/aromatic N) is 1. The normalized spacial score (nSPS) is 9.76. The lowest BCUT2D eigenvalue weighted by atomic mass is 10.4. The van der Waals surface area contributed by atoms with Gasteiger partial charge in [0.1, 0.15) is 0 Å². The van der Waals surface area contributed by atoms with Crippen LogP contribution in [0.1, 0.15) is 6.92 Å². The monoisotopic (exact) mass is 239 g/mol. The SMILES string of the molecule is C=CCN(CC=C)CC(=O)NCCNC(C)=O. The first-order chi connectivity index (χ1) is 8.10. The van der Waals surface area contributed by atoms with E-state index in [9.17, 15) is 9.59 Å². The first kappa shape index (κ1) is 15.4. The van der Waals surface area contributed by atoms with Gasteiger partial charge < -0.3 is 10.6 Å². The number of nitrogens with one attached hydrogen (secondary N) is 2. The molecule has 0 saturated carbocycles. The summed E-state index contributed by atoms with van der Waals surface area (Å²) in [5, 5.41) is 5.33. The van der Waals surface area contributed by atoms with Crippen LogP contribution >= 0.6 is 0 Å². The number of amides is 2. The summed E-state index contributed by atoms with van der Waals surface area (Å²) in [6, 6.07) is 0. The summed E-state index contributed by atoms with van der Waals surface area (Å²) in [6.45, 7) is 11.2. The lowest BCUT2D eigenvalue weighted by Crippen LogP contribution is -2.40. The second-order valence-corrected chi connectivity index (χ2v) is 3.60. The number of carbonyl (C=O) groups is 2. The molecule has 0 heterocycles. The Bertz CT molecular complexity index is 267. The molecule has 2 amide bonds. The molecule has 0 fully saturated rings. The molecule has 0 unspecified atom stereocenters. The molecule has 0 aliphatic heterocycles. The van der Waals surface area contributed by atoms with Crippen molar-refractivity contribution in [3.05, 3.63) is 25.3 Å². The van der Waals surface area contributed by atoms with E-state index in [0.717, 1.165) is 0 Å². The summed E-state index contributed by atoms with van der Waals surface area (Å²) in [5.41, 5.74) is 0. The van der Waals surface area contributed by atoms with Crippen LogP contribution < -0.4 is 10.6 Å². The summed E-state index contributed by atoms with van der Waals surface area (Å²) >= 11 is 0. The number of rotatable bonds is 9. The molecule has 5 nitrogen and oxygen atoms in total. The van der Waals surface area contributed by atoms with Crippen LogP contribution in [0.5, 0.6) is 0 Å². The summed E-state index contributed by atoms with van der Waals surface area (Å²) in [6.07, 6.45) is 3.49. The third kappa shape index (κ3) is 9.32. The fourth-order valence-electron chi connectivity index (χ4n) is 1.27. The van der Waals surface area contributed by atoms with E-state index in [-0.39, 0.29) is 11.8 Å². The van der Waals surface area contributed by atoms with E-state index in [1.807, 2.05) is 4.90 Å². The summed E-state index contributed by atoms with van der Waals surface area (Å²) < 4.78 is 0. The Labute approximate surface area is 103 Å². The number of carbonyl (C=O) groups excluding carboxylic acids is 2. The molecular formula is C12H21N3O2. The zero-order chi connectivity index (χ0) is 13.1. The van der Waals surface area contributed by atoms with Gasteiger partial charge in [-0.2, -0.15) is 0 Å². The molecular weight excluding hydrogens is 218 g/mol. The molecule has 0 radical (unpaired) electrons. The van der Waals surface area contributed by atoms with Crippen molar-refractivity contribution in [3.63, 3.8) is 0 Å². The molecule has 2 N–H and O–H groups in total. The van der Waals surface area contributed by atoms with Gasteiger partial charge in [0.05, 0.1) is 6.54 Å². The largest absolute Gasteiger partial charge is 0.355 e. The third-order valence-electron chi connectivity index (χ3n) is 1.96. The molecule has 0 aliphatic rings. The highest BCUT2D eigenvalue weighted by atomic mass is 16.2. The van der Waals surface area contributed by atoms with Crippen molar-refractivity contribution >= 4 is 11.8 Å². The highest BCUT2D eigenvalue weighted by Gasteiger charge is 2.07. The van der Waals surface area contributed by atoms with Gasteiger partial charge in [-0.05, 0) is 0 Å². The van der Waals surface area contributed by atoms with E-state index in [4.69, 9.17) is 0 Å². The van der Waals surface area contributed by atoms with E-state index in [0.29, 0.717) is 32.7 Å². The van der Waals surface area contributed by atoms with Gasteiger partial charge in [-0.25, -0.2) is 0 Å². The first-order valence-corrected chi connectivity index (χ1v) is 5.55. The molecule has 96 valence electrons. The molecule has 0 aliphatic carbocycles. The van der Waals surface area contributed by atoms with Gasteiger partial charge in [-0.3, -0.25) is 14.5 Å². The highest BCUT2D eigenvalue weighted by molar-refractivity contribution is 5.78. The third-order valence-corrected chi connectivity index (χ3v) is 1.96. The van der Waals surface area contributed by atoms with Gasteiger partial charge >= 0.3 is 0 Å². The molecule has 5 heteroatoms. The van der Waals surface area contributed by atoms with Crippen LogP contribution in [0.15, 0.2) is 25.3 Å². The molecule has 0 bridgehead atoms.